The molecule has 3 fully saturated rings. The fourth-order valence-corrected chi connectivity index (χ4v) is 9.89. The third kappa shape index (κ3) is 3.66. The van der Waals surface area contributed by atoms with Crippen LogP contribution in [0.15, 0.2) is 24.3 Å². The number of para-hydroxylation sites is 1. The van der Waals surface area contributed by atoms with Crippen LogP contribution in [0.2, 0.25) is 0 Å². The van der Waals surface area contributed by atoms with Crippen LogP contribution < -0.4 is 10.6 Å². The number of carbonyl (C=O) groups excluding carboxylic acids is 3. The van der Waals surface area contributed by atoms with E-state index < -0.39 is 28.7 Å². The van der Waals surface area contributed by atoms with Gasteiger partial charge in [0.2, 0.25) is 17.7 Å². The number of likely N-dealkylation sites (tertiary alicyclic amines) is 1. The lowest BCUT2D eigenvalue weighted by molar-refractivity contribution is -0.144. The first-order chi connectivity index (χ1) is 17.3. The molecule has 194 valence electrons. The molecule has 3 amide bonds. The molecule has 3 unspecified atom stereocenters. The number of hydrogen-bond acceptors (Lipinski definition) is 7. The summed E-state index contributed by atoms with van der Waals surface area (Å²) >= 11 is 5.32. The van der Waals surface area contributed by atoms with Crippen molar-refractivity contribution in [1.29, 1.82) is 0 Å². The maximum absolute atomic E-state index is 14.1. The molecule has 5 rings (SSSR count). The smallest absolute Gasteiger partial charge is 0.245 e. The SMILES string of the molecule is CC[C@H](C)[C@H](CO)N1C(=O)[C@@H]2[C@@H](C(=O)NC)[C@@H]3SC2(CC3Br)C1C(=O)NCn1nnc2ccccc21. The van der Waals surface area contributed by atoms with Crippen LogP contribution in [0.3, 0.4) is 0 Å². The monoisotopic (exact) mass is 578 g/mol. The second kappa shape index (κ2) is 9.60. The minimum absolute atomic E-state index is 0.000431. The van der Waals surface area contributed by atoms with E-state index in [0.717, 1.165) is 17.5 Å². The molecule has 3 saturated heterocycles. The van der Waals surface area contributed by atoms with Gasteiger partial charge in [-0.15, -0.1) is 16.9 Å². The Morgan fingerprint density at radius 2 is 2.08 bits per heavy atom. The van der Waals surface area contributed by atoms with Gasteiger partial charge in [0.15, 0.2) is 0 Å². The second-order valence-corrected chi connectivity index (χ2v) is 12.7. The Bertz CT molecular complexity index is 1190. The standard InChI is InChI=1S/C24H31BrN6O4S/c1-4-12(2)16(10-32)31-20(22(34)27-11-30-15-8-6-5-7-14(15)28-29-30)24-9-13(25)19(36-24)17(21(33)26-3)18(24)23(31)35/h5-8,12-13,16-20,32H,4,9-11H2,1-3H3,(H,26,33)(H,27,34)/t12-,13?,16-,17+,18-,19+,20?,24?/m0/s1. The van der Waals surface area contributed by atoms with E-state index >= 15 is 0 Å². The minimum Gasteiger partial charge on any atom is -0.394 e. The number of aliphatic hydroxyl groups excluding tert-OH is 1. The first kappa shape index (κ1) is 25.5. The highest BCUT2D eigenvalue weighted by molar-refractivity contribution is 9.09. The Morgan fingerprint density at radius 1 is 1.33 bits per heavy atom. The number of amides is 3. The predicted molar refractivity (Wildman–Crippen MR) is 139 cm³/mol. The first-order valence-electron chi connectivity index (χ1n) is 12.3. The number of thioether (sulfide) groups is 1. The van der Waals surface area contributed by atoms with Gasteiger partial charge in [0.1, 0.15) is 18.2 Å². The van der Waals surface area contributed by atoms with Crippen molar-refractivity contribution in [3.63, 3.8) is 0 Å². The maximum Gasteiger partial charge on any atom is 0.245 e. The molecule has 3 aliphatic heterocycles. The summed E-state index contributed by atoms with van der Waals surface area (Å²) in [5, 5.41) is 24.3. The van der Waals surface area contributed by atoms with Gasteiger partial charge in [-0.25, -0.2) is 4.68 Å². The van der Waals surface area contributed by atoms with Crippen LogP contribution in [-0.4, -0.2) is 83.3 Å². The molecule has 36 heavy (non-hydrogen) atoms. The number of benzene rings is 1. The first-order valence-corrected chi connectivity index (χ1v) is 14.1. The zero-order valence-electron chi connectivity index (χ0n) is 20.4. The molecule has 1 spiro atoms. The van der Waals surface area contributed by atoms with E-state index in [1.807, 2.05) is 38.1 Å². The molecule has 0 saturated carbocycles. The van der Waals surface area contributed by atoms with Crippen molar-refractivity contribution in [2.24, 2.45) is 17.8 Å². The summed E-state index contributed by atoms with van der Waals surface area (Å²) in [6, 6.07) is 6.14. The van der Waals surface area contributed by atoms with Gasteiger partial charge in [0.25, 0.3) is 0 Å². The Morgan fingerprint density at radius 3 is 2.78 bits per heavy atom. The van der Waals surface area contributed by atoms with Crippen LogP contribution >= 0.6 is 27.7 Å². The maximum atomic E-state index is 14.1. The molecule has 8 atom stereocenters. The van der Waals surface area contributed by atoms with Crippen molar-refractivity contribution in [2.75, 3.05) is 13.7 Å². The highest BCUT2D eigenvalue weighted by Gasteiger charge is 2.76. The van der Waals surface area contributed by atoms with Crippen molar-refractivity contribution in [3.8, 4) is 0 Å². The predicted octanol–water partition coefficient (Wildman–Crippen LogP) is 1.12. The highest BCUT2D eigenvalue weighted by Crippen LogP contribution is 2.68. The largest absolute Gasteiger partial charge is 0.394 e. The van der Waals surface area contributed by atoms with Crippen LogP contribution in [0, 0.1) is 17.8 Å². The molecule has 2 aromatic rings. The molecule has 3 aliphatic rings. The zero-order chi connectivity index (χ0) is 25.8. The average molecular weight is 580 g/mol. The summed E-state index contributed by atoms with van der Waals surface area (Å²) in [4.78, 5) is 42.6. The molecule has 10 nitrogen and oxygen atoms in total. The summed E-state index contributed by atoms with van der Waals surface area (Å²) in [5.41, 5.74) is 1.51. The topological polar surface area (TPSA) is 129 Å². The van der Waals surface area contributed by atoms with Crippen LogP contribution in [0.5, 0.6) is 0 Å². The minimum atomic E-state index is -0.819. The molecule has 12 heteroatoms. The lowest BCUT2D eigenvalue weighted by Crippen LogP contribution is -2.58. The van der Waals surface area contributed by atoms with Crippen LogP contribution in [0.25, 0.3) is 11.0 Å². The number of rotatable bonds is 8. The fourth-order valence-electron chi connectivity index (χ4n) is 6.29. The molecule has 3 N–H and O–H groups in total. The summed E-state index contributed by atoms with van der Waals surface area (Å²) < 4.78 is 0.851. The van der Waals surface area contributed by atoms with Crippen LogP contribution in [0.4, 0.5) is 0 Å². The lowest BCUT2D eigenvalue weighted by atomic mass is 9.70. The van der Waals surface area contributed by atoms with Gasteiger partial charge in [0, 0.05) is 17.1 Å². The van der Waals surface area contributed by atoms with Crippen molar-refractivity contribution >= 4 is 56.4 Å². The van der Waals surface area contributed by atoms with Crippen LogP contribution in [0.1, 0.15) is 26.7 Å². The summed E-state index contributed by atoms with van der Waals surface area (Å²) in [5.74, 6) is -1.90. The fraction of sp³-hybridized carbons (Fsp3) is 0.625. The van der Waals surface area contributed by atoms with E-state index in [2.05, 4.69) is 36.9 Å². The number of nitrogens with one attached hydrogen (secondary N) is 2. The van der Waals surface area contributed by atoms with Crippen LogP contribution in [-0.2, 0) is 21.1 Å². The van der Waals surface area contributed by atoms with Gasteiger partial charge in [-0.1, -0.05) is 53.5 Å². The van der Waals surface area contributed by atoms with Crippen molar-refractivity contribution in [2.45, 2.75) is 60.3 Å². The molecule has 0 radical (unpaired) electrons. The number of aliphatic hydroxyl groups is 1. The van der Waals surface area contributed by atoms with E-state index in [1.54, 1.807) is 28.4 Å². The Kier molecular flexibility index (Phi) is 6.80. The molecule has 2 bridgehead atoms. The molecule has 1 aromatic carbocycles. The Labute approximate surface area is 222 Å². The average Bonchev–Trinajstić information content (AvgIpc) is 3.60. The lowest BCUT2D eigenvalue weighted by Gasteiger charge is -2.39. The van der Waals surface area contributed by atoms with Crippen molar-refractivity contribution < 1.29 is 19.5 Å². The number of fused-ring (bicyclic) bond motifs is 2. The van der Waals surface area contributed by atoms with Gasteiger partial charge >= 0.3 is 0 Å². The molecule has 1 aromatic heterocycles. The van der Waals surface area contributed by atoms with Gasteiger partial charge in [-0.2, -0.15) is 0 Å². The Hall–Kier alpha value is -2.18. The van der Waals surface area contributed by atoms with E-state index in [4.69, 9.17) is 0 Å². The van der Waals surface area contributed by atoms with E-state index in [-0.39, 0.29) is 47.0 Å². The highest BCUT2D eigenvalue weighted by atomic mass is 79.9. The number of carbonyl (C=O) groups is 3. The van der Waals surface area contributed by atoms with Gasteiger partial charge in [-0.3, -0.25) is 14.4 Å². The molecule has 4 heterocycles. The summed E-state index contributed by atoms with van der Waals surface area (Å²) in [6.07, 6.45) is 1.33. The van der Waals surface area contributed by atoms with Gasteiger partial charge < -0.3 is 20.6 Å². The molecular formula is C24H31BrN6O4S. The van der Waals surface area contributed by atoms with E-state index in [0.29, 0.717) is 6.42 Å². The number of hydrogen-bond donors (Lipinski definition) is 3. The number of nitrogens with zero attached hydrogens (tertiary/aromatic N) is 4. The molecular weight excluding hydrogens is 548 g/mol. The molecule has 0 aliphatic carbocycles. The summed E-state index contributed by atoms with van der Waals surface area (Å²) in [6.45, 7) is 3.82. The second-order valence-electron chi connectivity index (χ2n) is 9.94. The number of aromatic nitrogens is 3. The quantitative estimate of drug-likeness (QED) is 0.400. The third-order valence-corrected chi connectivity index (χ3v) is 11.4. The number of halogens is 1. The van der Waals surface area contributed by atoms with Gasteiger partial charge in [-0.05, 0) is 24.5 Å². The van der Waals surface area contributed by atoms with Crippen molar-refractivity contribution in [3.05, 3.63) is 24.3 Å². The van der Waals surface area contributed by atoms with E-state index in [1.165, 1.54) is 0 Å². The normalized spacial score (nSPS) is 32.5. The Balaban J connectivity index is 1.52. The third-order valence-electron chi connectivity index (χ3n) is 8.19. The van der Waals surface area contributed by atoms with Gasteiger partial charge in [0.05, 0.1) is 34.7 Å². The van der Waals surface area contributed by atoms with Crippen molar-refractivity contribution in [1.82, 2.24) is 30.5 Å². The number of alkyl halides is 1. The zero-order valence-corrected chi connectivity index (χ0v) is 22.8. The summed E-state index contributed by atoms with van der Waals surface area (Å²) in [7, 11) is 1.58. The van der Waals surface area contributed by atoms with E-state index in [9.17, 15) is 19.5 Å².